The zero-order valence-electron chi connectivity index (χ0n) is 34.7. The topological polar surface area (TPSA) is 229 Å². The highest BCUT2D eigenvalue weighted by Gasteiger charge is 2.36. The normalized spacial score (nSPS) is 18.6. The fourth-order valence-corrected chi connectivity index (χ4v) is 7.23. The van der Waals surface area contributed by atoms with Crippen molar-refractivity contribution in [3.8, 4) is 11.5 Å². The molecule has 0 unspecified atom stereocenters. The highest BCUT2D eigenvalue weighted by atomic mass is 16.5. The number of anilines is 4. The standard InChI is InChI=1S/2C22H26N4O4/c2*1-13-4-9-19(16-5-7-18(8-6-16)30-15(3)27)26(12-13)22(29)21(28)25-17-10-14(2)20(23)24-11-17/h2*5-8,10-11,13,19H,4,9,12H2,1-3H3,(H2,23,24)(H,25,28)/t2*13-,19+/m10/s1. The van der Waals surface area contributed by atoms with Crippen molar-refractivity contribution >= 4 is 58.6 Å². The molecule has 6 rings (SSSR count). The van der Waals surface area contributed by atoms with E-state index in [1.165, 1.54) is 26.2 Å². The van der Waals surface area contributed by atoms with Crippen LogP contribution in [0.25, 0.3) is 0 Å². The zero-order valence-corrected chi connectivity index (χ0v) is 34.7. The van der Waals surface area contributed by atoms with Gasteiger partial charge in [-0.25, -0.2) is 9.97 Å². The van der Waals surface area contributed by atoms with Gasteiger partial charge in [-0.1, -0.05) is 38.1 Å². The van der Waals surface area contributed by atoms with E-state index in [4.69, 9.17) is 20.9 Å². The van der Waals surface area contributed by atoms with Crippen LogP contribution in [0.1, 0.15) is 87.7 Å². The number of pyridine rings is 2. The second kappa shape index (κ2) is 19.7. The number of nitrogens with one attached hydrogen (secondary N) is 2. The van der Waals surface area contributed by atoms with E-state index >= 15 is 0 Å². The Balaban J connectivity index is 0.000000228. The van der Waals surface area contributed by atoms with Crippen molar-refractivity contribution in [1.29, 1.82) is 0 Å². The fraction of sp³-hybridized carbons (Fsp3) is 0.364. The number of aryl methyl sites for hydroxylation is 2. The first kappa shape index (κ1) is 44.3. The number of hydrogen-bond donors (Lipinski definition) is 4. The predicted molar refractivity (Wildman–Crippen MR) is 225 cm³/mol. The molecule has 16 nitrogen and oxygen atoms in total. The molecule has 0 saturated carbocycles. The van der Waals surface area contributed by atoms with Crippen LogP contribution in [-0.2, 0) is 28.8 Å². The number of aromatic nitrogens is 2. The Hall–Kier alpha value is -6.84. The highest BCUT2D eigenvalue weighted by molar-refractivity contribution is 6.40. The van der Waals surface area contributed by atoms with Crippen LogP contribution >= 0.6 is 0 Å². The number of benzene rings is 2. The van der Waals surface area contributed by atoms with Crippen LogP contribution < -0.4 is 31.6 Å². The molecule has 316 valence electrons. The van der Waals surface area contributed by atoms with Crippen molar-refractivity contribution in [1.82, 2.24) is 19.8 Å². The number of carbonyl (C=O) groups excluding carboxylic acids is 6. The van der Waals surface area contributed by atoms with Gasteiger partial charge in [-0.15, -0.1) is 0 Å². The summed E-state index contributed by atoms with van der Waals surface area (Å²) in [6.07, 6.45) is 6.24. The van der Waals surface area contributed by atoms with Gasteiger partial charge in [0.05, 0.1) is 35.9 Å². The van der Waals surface area contributed by atoms with Crippen LogP contribution in [0.15, 0.2) is 73.1 Å². The van der Waals surface area contributed by atoms with Gasteiger partial charge in [-0.05, 0) is 110 Å². The number of esters is 2. The molecule has 2 aromatic heterocycles. The number of carbonyl (C=O) groups is 6. The van der Waals surface area contributed by atoms with E-state index in [2.05, 4.69) is 34.4 Å². The van der Waals surface area contributed by atoms with Crippen molar-refractivity contribution in [3.63, 3.8) is 0 Å². The van der Waals surface area contributed by atoms with Crippen LogP contribution in [0.5, 0.6) is 11.5 Å². The molecule has 4 amide bonds. The van der Waals surface area contributed by atoms with E-state index in [0.29, 0.717) is 59.4 Å². The highest BCUT2D eigenvalue weighted by Crippen LogP contribution is 2.36. The molecule has 4 atom stereocenters. The maximum absolute atomic E-state index is 13.0. The van der Waals surface area contributed by atoms with Gasteiger partial charge >= 0.3 is 35.6 Å². The van der Waals surface area contributed by atoms with E-state index in [9.17, 15) is 28.8 Å². The molecule has 6 N–H and O–H groups in total. The summed E-state index contributed by atoms with van der Waals surface area (Å²) in [6, 6.07) is 17.0. The Labute approximate surface area is 349 Å². The molecular formula is C44H52N8O8. The smallest absolute Gasteiger partial charge is 0.313 e. The number of nitrogen functional groups attached to an aromatic ring is 2. The first-order chi connectivity index (χ1) is 28.5. The molecule has 0 radical (unpaired) electrons. The minimum absolute atomic E-state index is 0.225. The molecule has 2 aromatic carbocycles. The second-order valence-corrected chi connectivity index (χ2v) is 15.4. The van der Waals surface area contributed by atoms with Gasteiger partial charge in [0.1, 0.15) is 23.1 Å². The van der Waals surface area contributed by atoms with Crippen LogP contribution in [0.3, 0.4) is 0 Å². The van der Waals surface area contributed by atoms with Crippen molar-refractivity contribution in [2.75, 3.05) is 35.2 Å². The summed E-state index contributed by atoms with van der Waals surface area (Å²) in [7, 11) is 0. The largest absolute Gasteiger partial charge is 0.427 e. The van der Waals surface area contributed by atoms with Crippen LogP contribution in [-0.4, -0.2) is 68.4 Å². The molecule has 4 aromatic rings. The number of hydrogen-bond acceptors (Lipinski definition) is 12. The maximum atomic E-state index is 13.0. The molecule has 2 fully saturated rings. The lowest BCUT2D eigenvalue weighted by atomic mass is 9.89. The van der Waals surface area contributed by atoms with Crippen LogP contribution in [0, 0.1) is 25.7 Å². The summed E-state index contributed by atoms with van der Waals surface area (Å²) in [5.74, 6) is -1.18. The van der Waals surface area contributed by atoms with Gasteiger partial charge in [-0.3, -0.25) is 28.8 Å². The monoisotopic (exact) mass is 820 g/mol. The van der Waals surface area contributed by atoms with Crippen molar-refractivity contribution < 1.29 is 38.2 Å². The Kier molecular flexibility index (Phi) is 14.6. The molecule has 2 aliphatic heterocycles. The number of likely N-dealkylation sites (tertiary alicyclic amines) is 2. The molecule has 60 heavy (non-hydrogen) atoms. The SMILES string of the molecule is CC(=O)Oc1ccc([C@@H]2CC[C@@H](C)CN2C(=O)C(=O)Nc2cnc(N)c(C)c2)cc1.CC(=O)Oc1ccc([C@H]2CC[C@H](C)CN2C(=O)C(=O)Nc2cnc(N)c(C)c2)cc1. The minimum Gasteiger partial charge on any atom is -0.427 e. The summed E-state index contributed by atoms with van der Waals surface area (Å²) < 4.78 is 10.1. The summed E-state index contributed by atoms with van der Waals surface area (Å²) >= 11 is 0. The number of ether oxygens (including phenoxy) is 2. The van der Waals surface area contributed by atoms with Crippen molar-refractivity contribution in [2.45, 2.75) is 79.3 Å². The third-order valence-electron chi connectivity index (χ3n) is 10.4. The van der Waals surface area contributed by atoms with Gasteiger partial charge in [0.2, 0.25) is 0 Å². The van der Waals surface area contributed by atoms with Crippen molar-refractivity contribution in [3.05, 3.63) is 95.3 Å². The Bertz CT molecular complexity index is 2070. The lowest BCUT2D eigenvalue weighted by Crippen LogP contribution is -2.46. The number of nitrogens with two attached hydrogens (primary N) is 2. The van der Waals surface area contributed by atoms with E-state index in [1.54, 1.807) is 60.0 Å². The minimum atomic E-state index is -0.711. The summed E-state index contributed by atoms with van der Waals surface area (Å²) in [5, 5.41) is 5.24. The molecule has 0 aliphatic carbocycles. The molecule has 2 aliphatic rings. The van der Waals surface area contributed by atoms with Gasteiger partial charge < -0.3 is 41.4 Å². The van der Waals surface area contributed by atoms with Gasteiger partial charge in [0, 0.05) is 26.9 Å². The number of piperidine rings is 2. The van der Waals surface area contributed by atoms with Gasteiger partial charge in [0.15, 0.2) is 0 Å². The molecule has 4 heterocycles. The number of amides is 4. The molecule has 16 heteroatoms. The van der Waals surface area contributed by atoms with E-state index in [1.807, 2.05) is 24.3 Å². The third-order valence-corrected chi connectivity index (χ3v) is 10.4. The molecule has 0 bridgehead atoms. The Morgan fingerprint density at radius 2 is 0.950 bits per heavy atom. The molecule has 0 spiro atoms. The van der Waals surface area contributed by atoms with E-state index in [-0.39, 0.29) is 12.1 Å². The quantitative estimate of drug-likeness (QED) is 0.105. The number of rotatable bonds is 6. The first-order valence-corrected chi connectivity index (χ1v) is 19.7. The molecular weight excluding hydrogens is 769 g/mol. The fourth-order valence-electron chi connectivity index (χ4n) is 7.23. The lowest BCUT2D eigenvalue weighted by molar-refractivity contribution is -0.146. The van der Waals surface area contributed by atoms with Gasteiger partial charge in [0.25, 0.3) is 0 Å². The lowest BCUT2D eigenvalue weighted by Gasteiger charge is -2.38. The zero-order chi connectivity index (χ0) is 43.7. The molecule has 2 saturated heterocycles. The van der Waals surface area contributed by atoms with Crippen molar-refractivity contribution in [2.24, 2.45) is 11.8 Å². The Morgan fingerprint density at radius 3 is 1.27 bits per heavy atom. The first-order valence-electron chi connectivity index (χ1n) is 19.7. The summed E-state index contributed by atoms with van der Waals surface area (Å²) in [5.41, 5.74) is 15.5. The van der Waals surface area contributed by atoms with E-state index < -0.39 is 35.6 Å². The van der Waals surface area contributed by atoms with Crippen LogP contribution in [0.4, 0.5) is 23.0 Å². The van der Waals surface area contributed by atoms with Gasteiger partial charge in [-0.2, -0.15) is 0 Å². The average Bonchev–Trinajstić information content (AvgIpc) is 3.20. The Morgan fingerprint density at radius 1 is 0.600 bits per heavy atom. The summed E-state index contributed by atoms with van der Waals surface area (Å²) in [4.78, 5) is 84.8. The third kappa shape index (κ3) is 11.6. The summed E-state index contributed by atoms with van der Waals surface area (Å²) in [6.45, 7) is 11.3. The average molecular weight is 821 g/mol. The number of nitrogens with zero attached hydrogens (tertiary/aromatic N) is 4. The van der Waals surface area contributed by atoms with Crippen LogP contribution in [0.2, 0.25) is 0 Å². The van der Waals surface area contributed by atoms with E-state index in [0.717, 1.165) is 47.9 Å². The maximum Gasteiger partial charge on any atom is 0.313 e. The predicted octanol–water partition coefficient (Wildman–Crippen LogP) is 5.67. The second-order valence-electron chi connectivity index (χ2n) is 15.4.